The van der Waals surface area contributed by atoms with Gasteiger partial charge in [-0.1, -0.05) is 0 Å². The number of thiol groups is 1. The van der Waals surface area contributed by atoms with Crippen molar-refractivity contribution < 1.29 is 29.7 Å². The summed E-state index contributed by atoms with van der Waals surface area (Å²) in [6, 6.07) is 0. The molecule has 0 unspecified atom stereocenters. The maximum absolute atomic E-state index is 10.6. The maximum atomic E-state index is 10.6. The second-order valence-corrected chi connectivity index (χ2v) is 4.34. The van der Waals surface area contributed by atoms with Crippen LogP contribution in [0.5, 0.6) is 0 Å². The van der Waals surface area contributed by atoms with Gasteiger partial charge >= 0.3 is 17.9 Å². The van der Waals surface area contributed by atoms with E-state index in [2.05, 4.69) is 12.6 Å². The van der Waals surface area contributed by atoms with Crippen LogP contribution in [0.25, 0.3) is 0 Å². The first kappa shape index (κ1) is 17.7. The van der Waals surface area contributed by atoms with E-state index in [9.17, 15) is 14.4 Å². The maximum Gasteiger partial charge on any atom is 0.317 e. The number of aliphatic carboxylic acids is 3. The number of carboxylic acids is 3. The minimum absolute atomic E-state index is 0.166. The van der Waals surface area contributed by atoms with E-state index in [1.807, 2.05) is 0 Å². The van der Waals surface area contributed by atoms with Crippen molar-refractivity contribution in [2.75, 3.05) is 45.0 Å². The highest BCUT2D eigenvalue weighted by molar-refractivity contribution is 7.80. The standard InChI is InChI=1S/C10H18N2O6S/c13-8(14)5-11(3-4-19)1-2-12(6-9(15)16)7-10(17)18/h19H,1-7H2,(H,13,14)(H,15,16)(H,17,18). The van der Waals surface area contributed by atoms with E-state index in [-0.39, 0.29) is 19.6 Å². The van der Waals surface area contributed by atoms with Crippen LogP contribution >= 0.6 is 12.6 Å². The third-order valence-corrected chi connectivity index (χ3v) is 2.43. The average molecular weight is 294 g/mol. The largest absolute Gasteiger partial charge is 0.480 e. The Morgan fingerprint density at radius 3 is 1.47 bits per heavy atom. The zero-order valence-corrected chi connectivity index (χ0v) is 11.3. The summed E-state index contributed by atoms with van der Waals surface area (Å²) in [5.74, 6) is -2.78. The molecule has 0 saturated heterocycles. The fourth-order valence-corrected chi connectivity index (χ4v) is 1.76. The Balaban J connectivity index is 4.34. The van der Waals surface area contributed by atoms with Crippen molar-refractivity contribution in [1.29, 1.82) is 0 Å². The molecule has 0 aromatic carbocycles. The molecule has 0 rings (SSSR count). The van der Waals surface area contributed by atoms with Gasteiger partial charge in [-0.2, -0.15) is 12.6 Å². The molecular weight excluding hydrogens is 276 g/mol. The van der Waals surface area contributed by atoms with Gasteiger partial charge in [0, 0.05) is 25.4 Å². The van der Waals surface area contributed by atoms with Crippen LogP contribution in [0.15, 0.2) is 0 Å². The molecule has 0 atom stereocenters. The van der Waals surface area contributed by atoms with E-state index in [0.29, 0.717) is 12.3 Å². The van der Waals surface area contributed by atoms with E-state index in [1.54, 1.807) is 4.90 Å². The van der Waals surface area contributed by atoms with Crippen molar-refractivity contribution in [3.63, 3.8) is 0 Å². The Labute approximate surface area is 116 Å². The van der Waals surface area contributed by atoms with Gasteiger partial charge in [0.2, 0.25) is 0 Å². The number of hydrogen-bond donors (Lipinski definition) is 4. The first-order valence-electron chi connectivity index (χ1n) is 5.56. The number of carbonyl (C=O) groups is 3. The summed E-state index contributed by atoms with van der Waals surface area (Å²) in [4.78, 5) is 34.6. The van der Waals surface area contributed by atoms with Crippen molar-refractivity contribution in [3.05, 3.63) is 0 Å². The van der Waals surface area contributed by atoms with Crippen LogP contribution < -0.4 is 0 Å². The lowest BCUT2D eigenvalue weighted by molar-refractivity contribution is -0.143. The van der Waals surface area contributed by atoms with Crippen LogP contribution in [0.2, 0.25) is 0 Å². The normalized spacial score (nSPS) is 10.9. The van der Waals surface area contributed by atoms with Gasteiger partial charge in [0.15, 0.2) is 0 Å². The second kappa shape index (κ2) is 9.59. The Kier molecular flexibility index (Phi) is 8.92. The van der Waals surface area contributed by atoms with Gasteiger partial charge in [0.05, 0.1) is 19.6 Å². The summed E-state index contributed by atoms with van der Waals surface area (Å²) in [7, 11) is 0. The summed E-state index contributed by atoms with van der Waals surface area (Å²) in [6.45, 7) is -0.104. The van der Waals surface area contributed by atoms with Gasteiger partial charge in [0.1, 0.15) is 0 Å². The van der Waals surface area contributed by atoms with Crippen molar-refractivity contribution in [3.8, 4) is 0 Å². The molecule has 0 radical (unpaired) electrons. The van der Waals surface area contributed by atoms with E-state index < -0.39 is 31.0 Å². The number of carboxylic acid groups (broad SMARTS) is 3. The van der Waals surface area contributed by atoms with Gasteiger partial charge < -0.3 is 15.3 Å². The molecule has 0 bridgehead atoms. The monoisotopic (exact) mass is 294 g/mol. The molecule has 0 amide bonds. The fraction of sp³-hybridized carbons (Fsp3) is 0.700. The lowest BCUT2D eigenvalue weighted by Gasteiger charge is -2.24. The molecule has 0 aliphatic heterocycles. The Bertz CT molecular complexity index is 309. The van der Waals surface area contributed by atoms with Gasteiger partial charge in [0.25, 0.3) is 0 Å². The van der Waals surface area contributed by atoms with Crippen LogP contribution in [0.1, 0.15) is 0 Å². The fourth-order valence-electron chi connectivity index (χ4n) is 1.48. The van der Waals surface area contributed by atoms with E-state index in [0.717, 1.165) is 0 Å². The van der Waals surface area contributed by atoms with Gasteiger partial charge in [-0.25, -0.2) is 0 Å². The summed E-state index contributed by atoms with van der Waals surface area (Å²) in [5, 5.41) is 26.0. The highest BCUT2D eigenvalue weighted by atomic mass is 32.1. The zero-order chi connectivity index (χ0) is 14.8. The Hall–Kier alpha value is -1.32. The van der Waals surface area contributed by atoms with Crippen molar-refractivity contribution in [2.45, 2.75) is 0 Å². The van der Waals surface area contributed by atoms with E-state index in [4.69, 9.17) is 15.3 Å². The number of nitrogens with zero attached hydrogens (tertiary/aromatic N) is 2. The quantitative estimate of drug-likeness (QED) is 0.350. The van der Waals surface area contributed by atoms with Gasteiger partial charge in [-0.05, 0) is 0 Å². The van der Waals surface area contributed by atoms with E-state index >= 15 is 0 Å². The molecule has 8 nitrogen and oxygen atoms in total. The van der Waals surface area contributed by atoms with Crippen LogP contribution in [0, 0.1) is 0 Å². The molecule has 3 N–H and O–H groups in total. The number of hydrogen-bond acceptors (Lipinski definition) is 6. The van der Waals surface area contributed by atoms with Crippen LogP contribution in [0.4, 0.5) is 0 Å². The highest BCUT2D eigenvalue weighted by Crippen LogP contribution is 1.94. The molecule has 0 spiro atoms. The molecule has 0 fully saturated rings. The smallest absolute Gasteiger partial charge is 0.317 e. The summed E-state index contributed by atoms with van der Waals surface area (Å²) in [6.07, 6.45) is 0. The lowest BCUT2D eigenvalue weighted by Crippen LogP contribution is -2.42. The van der Waals surface area contributed by atoms with E-state index in [1.165, 1.54) is 4.90 Å². The molecule has 0 aliphatic rings. The third kappa shape index (κ3) is 10.3. The Morgan fingerprint density at radius 2 is 1.11 bits per heavy atom. The van der Waals surface area contributed by atoms with Crippen LogP contribution in [0.3, 0.4) is 0 Å². The molecule has 19 heavy (non-hydrogen) atoms. The van der Waals surface area contributed by atoms with Crippen LogP contribution in [-0.4, -0.2) is 88.0 Å². The molecule has 0 aromatic heterocycles. The summed E-state index contributed by atoms with van der Waals surface area (Å²) in [5.41, 5.74) is 0. The third-order valence-electron chi connectivity index (χ3n) is 2.23. The zero-order valence-electron chi connectivity index (χ0n) is 10.4. The van der Waals surface area contributed by atoms with Crippen molar-refractivity contribution in [1.82, 2.24) is 9.80 Å². The molecular formula is C10H18N2O6S. The molecule has 0 saturated carbocycles. The second-order valence-electron chi connectivity index (χ2n) is 3.89. The van der Waals surface area contributed by atoms with Crippen LogP contribution in [-0.2, 0) is 14.4 Å². The average Bonchev–Trinajstić information content (AvgIpc) is 2.23. The first-order valence-corrected chi connectivity index (χ1v) is 6.19. The molecule has 0 aliphatic carbocycles. The SMILES string of the molecule is O=C(O)CN(CCS)CCN(CC(=O)O)CC(=O)O. The predicted octanol–water partition coefficient (Wildman–Crippen LogP) is -1.23. The minimum Gasteiger partial charge on any atom is -0.480 e. The minimum atomic E-state index is -1.12. The summed E-state index contributed by atoms with van der Waals surface area (Å²) < 4.78 is 0. The lowest BCUT2D eigenvalue weighted by atomic mass is 10.4. The molecule has 0 heterocycles. The highest BCUT2D eigenvalue weighted by Gasteiger charge is 2.16. The van der Waals surface area contributed by atoms with Crippen molar-refractivity contribution >= 4 is 30.5 Å². The molecule has 110 valence electrons. The topological polar surface area (TPSA) is 118 Å². The van der Waals surface area contributed by atoms with Crippen molar-refractivity contribution in [2.24, 2.45) is 0 Å². The molecule has 9 heteroatoms. The number of rotatable bonds is 11. The van der Waals surface area contributed by atoms with Gasteiger partial charge in [-0.3, -0.25) is 24.2 Å². The Morgan fingerprint density at radius 1 is 0.737 bits per heavy atom. The molecule has 0 aromatic rings. The van der Waals surface area contributed by atoms with Gasteiger partial charge in [-0.15, -0.1) is 0 Å². The predicted molar refractivity (Wildman–Crippen MR) is 69.6 cm³/mol. The first-order chi connectivity index (χ1) is 8.85. The summed E-state index contributed by atoms with van der Waals surface area (Å²) >= 11 is 4.00.